The normalized spacial score (nSPS) is 16.3. The van der Waals surface area contributed by atoms with Gasteiger partial charge in [0.2, 0.25) is 11.8 Å². The SMILES string of the molecule is O=C(Nc1ccc(-c2cn3ccsc3n2)cc1)C1CC(=O)N(Cc2ccccc2)C1. The smallest absolute Gasteiger partial charge is 0.229 e. The molecule has 1 atom stereocenters. The number of aromatic nitrogens is 2. The van der Waals surface area contributed by atoms with Gasteiger partial charge in [-0.25, -0.2) is 4.98 Å². The number of amides is 2. The lowest BCUT2D eigenvalue weighted by Gasteiger charge is -2.16. The van der Waals surface area contributed by atoms with Crippen LogP contribution in [0.5, 0.6) is 0 Å². The van der Waals surface area contributed by atoms with Crippen molar-refractivity contribution < 1.29 is 9.59 Å². The van der Waals surface area contributed by atoms with Crippen molar-refractivity contribution >= 4 is 33.8 Å². The number of fused-ring (bicyclic) bond motifs is 1. The molecule has 1 N–H and O–H groups in total. The minimum atomic E-state index is -0.333. The maximum absolute atomic E-state index is 12.7. The summed E-state index contributed by atoms with van der Waals surface area (Å²) in [7, 11) is 0. The highest BCUT2D eigenvalue weighted by molar-refractivity contribution is 7.15. The second-order valence-corrected chi connectivity index (χ2v) is 8.32. The van der Waals surface area contributed by atoms with Crippen molar-refractivity contribution in [3.8, 4) is 11.3 Å². The number of hydrogen-bond donors (Lipinski definition) is 1. The number of carbonyl (C=O) groups excluding carboxylic acids is 2. The van der Waals surface area contributed by atoms with Gasteiger partial charge in [-0.05, 0) is 17.7 Å². The molecule has 0 bridgehead atoms. The van der Waals surface area contributed by atoms with Crippen molar-refractivity contribution in [2.24, 2.45) is 5.92 Å². The Bertz CT molecular complexity index is 1170. The van der Waals surface area contributed by atoms with Crippen LogP contribution in [0, 0.1) is 5.92 Å². The first-order valence-corrected chi connectivity index (χ1v) is 10.7. The number of carbonyl (C=O) groups is 2. The van der Waals surface area contributed by atoms with Gasteiger partial charge in [-0.15, -0.1) is 11.3 Å². The number of thiazole rings is 1. The number of imidazole rings is 1. The minimum Gasteiger partial charge on any atom is -0.338 e. The van der Waals surface area contributed by atoms with Gasteiger partial charge in [-0.1, -0.05) is 42.5 Å². The molecule has 6 nitrogen and oxygen atoms in total. The van der Waals surface area contributed by atoms with Crippen molar-refractivity contribution in [3.63, 3.8) is 0 Å². The summed E-state index contributed by atoms with van der Waals surface area (Å²) < 4.78 is 1.99. The molecule has 0 radical (unpaired) electrons. The Balaban J connectivity index is 1.22. The van der Waals surface area contributed by atoms with E-state index in [2.05, 4.69) is 10.3 Å². The molecule has 1 aliphatic heterocycles. The molecule has 1 saturated heterocycles. The Kier molecular flexibility index (Phi) is 4.80. The Hall–Kier alpha value is -3.45. The number of nitrogens with zero attached hydrogens (tertiary/aromatic N) is 3. The summed E-state index contributed by atoms with van der Waals surface area (Å²) in [5.74, 6) is -0.427. The van der Waals surface area contributed by atoms with Gasteiger partial charge in [0, 0.05) is 48.5 Å². The van der Waals surface area contributed by atoms with Gasteiger partial charge in [0.05, 0.1) is 11.6 Å². The van der Waals surface area contributed by atoms with Gasteiger partial charge >= 0.3 is 0 Å². The summed E-state index contributed by atoms with van der Waals surface area (Å²) in [6.45, 7) is 0.989. The molecule has 4 aromatic rings. The van der Waals surface area contributed by atoms with Crippen LogP contribution in [0.1, 0.15) is 12.0 Å². The van der Waals surface area contributed by atoms with Crippen molar-refractivity contribution in [2.45, 2.75) is 13.0 Å². The van der Waals surface area contributed by atoms with Crippen molar-refractivity contribution in [3.05, 3.63) is 77.9 Å². The predicted molar refractivity (Wildman–Crippen MR) is 117 cm³/mol. The molecule has 0 aliphatic carbocycles. The number of hydrogen-bond acceptors (Lipinski definition) is 4. The van der Waals surface area contributed by atoms with E-state index in [0.29, 0.717) is 13.1 Å². The largest absolute Gasteiger partial charge is 0.338 e. The van der Waals surface area contributed by atoms with Crippen LogP contribution >= 0.6 is 11.3 Å². The van der Waals surface area contributed by atoms with E-state index in [1.165, 1.54) is 0 Å². The molecule has 2 amide bonds. The first-order valence-electron chi connectivity index (χ1n) is 9.81. The quantitative estimate of drug-likeness (QED) is 0.534. The van der Waals surface area contributed by atoms with Crippen LogP contribution in [0.15, 0.2) is 72.4 Å². The van der Waals surface area contributed by atoms with E-state index in [1.54, 1.807) is 16.2 Å². The zero-order valence-corrected chi connectivity index (χ0v) is 17.0. The van der Waals surface area contributed by atoms with E-state index in [0.717, 1.165) is 27.5 Å². The average molecular weight is 417 g/mol. The van der Waals surface area contributed by atoms with E-state index >= 15 is 0 Å². The van der Waals surface area contributed by atoms with Gasteiger partial charge < -0.3 is 10.2 Å². The van der Waals surface area contributed by atoms with Gasteiger partial charge in [0.15, 0.2) is 4.96 Å². The topological polar surface area (TPSA) is 66.7 Å². The lowest BCUT2D eigenvalue weighted by molar-refractivity contribution is -0.128. The molecule has 0 spiro atoms. The number of benzene rings is 2. The lowest BCUT2D eigenvalue weighted by atomic mass is 10.1. The van der Waals surface area contributed by atoms with E-state index in [9.17, 15) is 9.59 Å². The maximum atomic E-state index is 12.7. The lowest BCUT2D eigenvalue weighted by Crippen LogP contribution is -2.28. The average Bonchev–Trinajstić information content (AvgIpc) is 3.45. The van der Waals surface area contributed by atoms with E-state index in [1.807, 2.05) is 76.8 Å². The summed E-state index contributed by atoms with van der Waals surface area (Å²) in [5, 5.41) is 4.95. The fraction of sp³-hybridized carbons (Fsp3) is 0.174. The molecular weight excluding hydrogens is 396 g/mol. The molecule has 7 heteroatoms. The molecule has 1 unspecified atom stereocenters. The van der Waals surface area contributed by atoms with Gasteiger partial charge in [0.25, 0.3) is 0 Å². The first kappa shape index (κ1) is 18.6. The zero-order valence-electron chi connectivity index (χ0n) is 16.2. The molecule has 150 valence electrons. The molecule has 3 heterocycles. The third-order valence-corrected chi connectivity index (χ3v) is 6.11. The highest BCUT2D eigenvalue weighted by Crippen LogP contribution is 2.25. The summed E-state index contributed by atoms with van der Waals surface area (Å²) in [6.07, 6.45) is 4.22. The Morgan fingerprint density at radius 3 is 2.70 bits per heavy atom. The molecule has 2 aromatic carbocycles. The van der Waals surface area contributed by atoms with Gasteiger partial charge in [0.1, 0.15) is 0 Å². The highest BCUT2D eigenvalue weighted by Gasteiger charge is 2.34. The van der Waals surface area contributed by atoms with Gasteiger partial charge in [-0.2, -0.15) is 0 Å². The fourth-order valence-corrected chi connectivity index (χ4v) is 4.44. The van der Waals surface area contributed by atoms with Crippen molar-refractivity contribution in [2.75, 3.05) is 11.9 Å². The molecular formula is C23H20N4O2S. The minimum absolute atomic E-state index is 0.0223. The Labute approximate surface area is 177 Å². The monoisotopic (exact) mass is 416 g/mol. The predicted octanol–water partition coefficient (Wildman–Crippen LogP) is 4.05. The summed E-state index contributed by atoms with van der Waals surface area (Å²) in [4.78, 5) is 32.3. The van der Waals surface area contributed by atoms with E-state index in [-0.39, 0.29) is 24.2 Å². The number of likely N-dealkylation sites (tertiary alicyclic amines) is 1. The van der Waals surface area contributed by atoms with Crippen LogP contribution in [0.3, 0.4) is 0 Å². The summed E-state index contributed by atoms with van der Waals surface area (Å²) >= 11 is 1.59. The second-order valence-electron chi connectivity index (χ2n) is 7.45. The maximum Gasteiger partial charge on any atom is 0.229 e. The number of nitrogens with one attached hydrogen (secondary N) is 1. The zero-order chi connectivity index (χ0) is 20.5. The van der Waals surface area contributed by atoms with Crippen molar-refractivity contribution in [1.29, 1.82) is 0 Å². The second kappa shape index (κ2) is 7.76. The van der Waals surface area contributed by atoms with Crippen LogP contribution in [-0.2, 0) is 16.1 Å². The molecule has 30 heavy (non-hydrogen) atoms. The fourth-order valence-electron chi connectivity index (χ4n) is 3.74. The molecule has 1 fully saturated rings. The van der Waals surface area contributed by atoms with Crippen molar-refractivity contribution in [1.82, 2.24) is 14.3 Å². The Morgan fingerprint density at radius 2 is 1.93 bits per heavy atom. The van der Waals surface area contributed by atoms with Gasteiger partial charge in [-0.3, -0.25) is 14.0 Å². The van der Waals surface area contributed by atoms with E-state index in [4.69, 9.17) is 0 Å². The number of anilines is 1. The first-order chi connectivity index (χ1) is 14.7. The van der Waals surface area contributed by atoms with Crippen LogP contribution in [0.4, 0.5) is 5.69 Å². The molecule has 0 saturated carbocycles. The van der Waals surface area contributed by atoms with Crippen LogP contribution in [0.2, 0.25) is 0 Å². The molecule has 1 aliphatic rings. The number of rotatable bonds is 5. The molecule has 5 rings (SSSR count). The van der Waals surface area contributed by atoms with E-state index < -0.39 is 0 Å². The third-order valence-electron chi connectivity index (χ3n) is 5.34. The standard InChI is InChI=1S/C23H20N4O2S/c28-21-12-18(14-27(21)13-16-4-2-1-3-5-16)22(29)24-19-8-6-17(7-9-19)20-15-26-10-11-30-23(26)25-20/h1-11,15,18H,12-14H2,(H,24,29). The Morgan fingerprint density at radius 1 is 1.13 bits per heavy atom. The summed E-state index contributed by atoms with van der Waals surface area (Å²) in [5.41, 5.74) is 3.69. The third kappa shape index (κ3) is 3.71. The van der Waals surface area contributed by atoms with Crippen LogP contribution in [0.25, 0.3) is 16.2 Å². The molecule has 2 aromatic heterocycles. The van der Waals surface area contributed by atoms with Crippen LogP contribution < -0.4 is 5.32 Å². The highest BCUT2D eigenvalue weighted by atomic mass is 32.1. The van der Waals surface area contributed by atoms with Crippen LogP contribution in [-0.4, -0.2) is 32.6 Å². The summed E-state index contributed by atoms with van der Waals surface area (Å²) in [6, 6.07) is 17.5.